The Bertz CT molecular complexity index is 1250. The normalized spacial score (nSPS) is 15.3. The van der Waals surface area contributed by atoms with Gasteiger partial charge in [-0.05, 0) is 67.3 Å². The molecule has 0 saturated carbocycles. The first kappa shape index (κ1) is 21.7. The predicted octanol–water partition coefficient (Wildman–Crippen LogP) is 5.32. The first-order valence-electron chi connectivity index (χ1n) is 10.1. The van der Waals surface area contributed by atoms with E-state index >= 15 is 0 Å². The highest BCUT2D eigenvalue weighted by atomic mass is 79.9. The summed E-state index contributed by atoms with van der Waals surface area (Å²) in [6.07, 6.45) is 2.20. The average molecular weight is 489 g/mol. The fourth-order valence-electron chi connectivity index (χ4n) is 3.88. The number of carbonyl (C=O) groups is 3. The molecule has 0 aliphatic carbocycles. The molecule has 3 aromatic carbocycles. The molecule has 6 heteroatoms. The standard InChI is InChI=1S/C26H21BrN2O3/c1-16-10-17(2)12-18(11-16)13-19-8-9-21(27)14-20(19)15-23-24(30)28-26(32)29(25(23)31)22-6-4-3-5-7-22/h3-12,14-15H,13H2,1-2H3,(H,28,30,32)/b23-15+. The summed E-state index contributed by atoms with van der Waals surface area (Å²) < 4.78 is 0.827. The van der Waals surface area contributed by atoms with Gasteiger partial charge in [0, 0.05) is 4.47 Å². The maximum atomic E-state index is 13.2. The second-order valence-corrected chi connectivity index (χ2v) is 8.72. The minimum Gasteiger partial charge on any atom is -0.273 e. The van der Waals surface area contributed by atoms with E-state index in [-0.39, 0.29) is 5.57 Å². The summed E-state index contributed by atoms with van der Waals surface area (Å²) in [4.78, 5) is 39.1. The van der Waals surface area contributed by atoms with Gasteiger partial charge < -0.3 is 0 Å². The molecule has 0 bridgehead atoms. The van der Waals surface area contributed by atoms with Gasteiger partial charge in [-0.25, -0.2) is 9.69 Å². The number of nitrogens with one attached hydrogen (secondary N) is 1. The second kappa shape index (κ2) is 8.93. The van der Waals surface area contributed by atoms with Crippen LogP contribution in [0, 0.1) is 13.8 Å². The van der Waals surface area contributed by atoms with Crippen LogP contribution in [-0.4, -0.2) is 17.8 Å². The molecule has 4 rings (SSSR count). The van der Waals surface area contributed by atoms with Crippen molar-refractivity contribution < 1.29 is 14.4 Å². The van der Waals surface area contributed by atoms with Gasteiger partial charge in [-0.1, -0.05) is 69.5 Å². The van der Waals surface area contributed by atoms with Crippen LogP contribution in [0.3, 0.4) is 0 Å². The Kier molecular flexibility index (Phi) is 6.06. The Labute approximate surface area is 194 Å². The average Bonchev–Trinajstić information content (AvgIpc) is 2.73. The minimum absolute atomic E-state index is 0.0896. The number of hydrogen-bond donors (Lipinski definition) is 1. The van der Waals surface area contributed by atoms with E-state index in [9.17, 15) is 14.4 Å². The van der Waals surface area contributed by atoms with Crippen LogP contribution in [0.4, 0.5) is 10.5 Å². The number of amides is 4. The van der Waals surface area contributed by atoms with E-state index < -0.39 is 17.8 Å². The molecule has 1 saturated heterocycles. The molecule has 160 valence electrons. The van der Waals surface area contributed by atoms with E-state index in [4.69, 9.17) is 0 Å². The van der Waals surface area contributed by atoms with Crippen LogP contribution in [0.25, 0.3) is 6.08 Å². The Hall–Kier alpha value is -3.51. The zero-order valence-corrected chi connectivity index (χ0v) is 19.3. The maximum absolute atomic E-state index is 13.2. The molecule has 0 atom stereocenters. The Morgan fingerprint density at radius 1 is 0.906 bits per heavy atom. The van der Waals surface area contributed by atoms with E-state index in [1.165, 1.54) is 11.1 Å². The topological polar surface area (TPSA) is 66.5 Å². The van der Waals surface area contributed by atoms with E-state index in [2.05, 4.69) is 53.3 Å². The fraction of sp³-hybridized carbons (Fsp3) is 0.115. The highest BCUT2D eigenvalue weighted by molar-refractivity contribution is 9.10. The lowest BCUT2D eigenvalue weighted by molar-refractivity contribution is -0.122. The lowest BCUT2D eigenvalue weighted by Gasteiger charge is -2.26. The number of halogens is 1. The van der Waals surface area contributed by atoms with Gasteiger partial charge in [0.1, 0.15) is 5.57 Å². The number of nitrogens with zero attached hydrogens (tertiary/aromatic N) is 1. The van der Waals surface area contributed by atoms with Crippen LogP contribution in [0.2, 0.25) is 0 Å². The van der Waals surface area contributed by atoms with Gasteiger partial charge in [0.05, 0.1) is 5.69 Å². The number of anilines is 1. The Balaban J connectivity index is 1.75. The largest absolute Gasteiger partial charge is 0.335 e. The van der Waals surface area contributed by atoms with Gasteiger partial charge in [-0.2, -0.15) is 0 Å². The van der Waals surface area contributed by atoms with Crippen LogP contribution in [-0.2, 0) is 16.0 Å². The molecule has 4 amide bonds. The fourth-order valence-corrected chi connectivity index (χ4v) is 4.26. The van der Waals surface area contributed by atoms with Crippen LogP contribution in [0.15, 0.2) is 76.8 Å². The van der Waals surface area contributed by atoms with Crippen molar-refractivity contribution in [2.45, 2.75) is 20.3 Å². The van der Waals surface area contributed by atoms with E-state index in [0.29, 0.717) is 12.1 Å². The second-order valence-electron chi connectivity index (χ2n) is 7.81. The molecule has 3 aromatic rings. The quantitative estimate of drug-likeness (QED) is 0.399. The molecule has 0 unspecified atom stereocenters. The molecule has 1 fully saturated rings. The zero-order valence-electron chi connectivity index (χ0n) is 17.7. The number of para-hydroxylation sites is 1. The van der Waals surface area contributed by atoms with Gasteiger partial charge in [0.25, 0.3) is 11.8 Å². The lowest BCUT2D eigenvalue weighted by atomic mass is 9.95. The summed E-state index contributed by atoms with van der Waals surface area (Å²) in [7, 11) is 0. The third-order valence-electron chi connectivity index (χ3n) is 5.20. The van der Waals surface area contributed by atoms with Crippen LogP contribution < -0.4 is 10.2 Å². The molecule has 32 heavy (non-hydrogen) atoms. The van der Waals surface area contributed by atoms with Crippen molar-refractivity contribution >= 4 is 45.5 Å². The van der Waals surface area contributed by atoms with E-state index in [1.807, 2.05) is 18.2 Å². The number of imide groups is 2. The summed E-state index contributed by atoms with van der Waals surface area (Å²) in [6.45, 7) is 4.11. The Morgan fingerprint density at radius 2 is 1.59 bits per heavy atom. The number of rotatable bonds is 4. The maximum Gasteiger partial charge on any atom is 0.335 e. The first-order valence-corrected chi connectivity index (χ1v) is 10.9. The summed E-state index contributed by atoms with van der Waals surface area (Å²) in [6, 6.07) is 19.9. The zero-order chi connectivity index (χ0) is 22.8. The molecule has 0 radical (unpaired) electrons. The van der Waals surface area contributed by atoms with Crippen LogP contribution in [0.5, 0.6) is 0 Å². The molecule has 1 heterocycles. The third kappa shape index (κ3) is 4.55. The molecule has 0 aromatic heterocycles. The summed E-state index contributed by atoms with van der Waals surface area (Å²) >= 11 is 3.48. The first-order chi connectivity index (χ1) is 15.3. The summed E-state index contributed by atoms with van der Waals surface area (Å²) in [5.41, 5.74) is 5.51. The summed E-state index contributed by atoms with van der Waals surface area (Å²) in [5.74, 6) is -1.35. The predicted molar refractivity (Wildman–Crippen MR) is 128 cm³/mol. The number of benzene rings is 3. The number of barbiturate groups is 1. The molecular formula is C26H21BrN2O3. The lowest BCUT2D eigenvalue weighted by Crippen LogP contribution is -2.54. The Morgan fingerprint density at radius 3 is 2.28 bits per heavy atom. The van der Waals surface area contributed by atoms with Gasteiger partial charge in [-0.3, -0.25) is 14.9 Å². The van der Waals surface area contributed by atoms with Crippen molar-refractivity contribution in [2.24, 2.45) is 0 Å². The molecule has 1 N–H and O–H groups in total. The molecule has 5 nitrogen and oxygen atoms in total. The molecule has 1 aliphatic rings. The van der Waals surface area contributed by atoms with Gasteiger partial charge in [0.15, 0.2) is 0 Å². The van der Waals surface area contributed by atoms with Crippen molar-refractivity contribution in [1.29, 1.82) is 0 Å². The minimum atomic E-state index is -0.756. The van der Waals surface area contributed by atoms with Gasteiger partial charge in [0.2, 0.25) is 0 Å². The van der Waals surface area contributed by atoms with Crippen molar-refractivity contribution in [1.82, 2.24) is 5.32 Å². The SMILES string of the molecule is Cc1cc(C)cc(Cc2ccc(Br)cc2/C=C2\C(=O)NC(=O)N(c3ccccc3)C2=O)c1. The van der Waals surface area contributed by atoms with Crippen molar-refractivity contribution in [3.05, 3.63) is 105 Å². The molecule has 1 aliphatic heterocycles. The van der Waals surface area contributed by atoms with Crippen molar-refractivity contribution in [3.63, 3.8) is 0 Å². The van der Waals surface area contributed by atoms with Gasteiger partial charge >= 0.3 is 6.03 Å². The smallest absolute Gasteiger partial charge is 0.273 e. The highest BCUT2D eigenvalue weighted by Gasteiger charge is 2.36. The number of carbonyl (C=O) groups excluding carboxylic acids is 3. The number of aryl methyl sites for hydroxylation is 2. The monoisotopic (exact) mass is 488 g/mol. The van der Waals surface area contributed by atoms with Crippen LogP contribution >= 0.6 is 15.9 Å². The van der Waals surface area contributed by atoms with Crippen molar-refractivity contribution in [3.8, 4) is 0 Å². The number of hydrogen-bond acceptors (Lipinski definition) is 3. The van der Waals surface area contributed by atoms with E-state index in [1.54, 1.807) is 36.4 Å². The summed E-state index contributed by atoms with van der Waals surface area (Å²) in [5, 5.41) is 2.27. The van der Waals surface area contributed by atoms with Crippen LogP contribution in [0.1, 0.15) is 27.8 Å². The van der Waals surface area contributed by atoms with Crippen molar-refractivity contribution in [2.75, 3.05) is 4.90 Å². The number of urea groups is 1. The molecular weight excluding hydrogens is 468 g/mol. The van der Waals surface area contributed by atoms with Gasteiger partial charge in [-0.15, -0.1) is 0 Å². The third-order valence-corrected chi connectivity index (χ3v) is 5.69. The molecule has 0 spiro atoms. The van der Waals surface area contributed by atoms with E-state index in [0.717, 1.165) is 26.1 Å². The highest BCUT2D eigenvalue weighted by Crippen LogP contribution is 2.26.